The van der Waals surface area contributed by atoms with Gasteiger partial charge in [-0.1, -0.05) is 18.2 Å². The summed E-state index contributed by atoms with van der Waals surface area (Å²) in [7, 11) is -2.63. The minimum Gasteiger partial charge on any atom is -0.465 e. The standard InChI is InChI=1S/C26H30F3N5O5S/c1-14(17-3-2-4-20(21(17)27)26(28,29)10-15-11-34(12-15)25(36)37)32-22-19-9-18(16-5-7-40(38,39)8-6-16)24(35)33-23(19)31-13-30-22/h2-4,9,13-16,38-39H,5-8,10-12H2,1H3,(H,36,37)(H2,30,31,32,33,35). The van der Waals surface area contributed by atoms with Crippen LogP contribution in [0.3, 0.4) is 0 Å². The lowest BCUT2D eigenvalue weighted by Gasteiger charge is -2.39. The number of nitrogens with zero attached hydrogens (tertiary/aromatic N) is 3. The Morgan fingerprint density at radius 3 is 2.62 bits per heavy atom. The molecule has 5 rings (SSSR count). The smallest absolute Gasteiger partial charge is 0.407 e. The van der Waals surface area contributed by atoms with Crippen LogP contribution in [-0.2, 0) is 5.92 Å². The molecule has 2 aliphatic rings. The molecular formula is C26H30F3N5O5S. The molecule has 0 bridgehead atoms. The van der Waals surface area contributed by atoms with E-state index in [1.54, 1.807) is 13.0 Å². The summed E-state index contributed by atoms with van der Waals surface area (Å²) in [5, 5.41) is 12.5. The van der Waals surface area contributed by atoms with Crippen LogP contribution in [0, 0.1) is 11.7 Å². The lowest BCUT2D eigenvalue weighted by atomic mass is 9.89. The van der Waals surface area contributed by atoms with Crippen molar-refractivity contribution in [1.29, 1.82) is 0 Å². The van der Waals surface area contributed by atoms with Gasteiger partial charge in [0.05, 0.1) is 17.0 Å². The molecule has 10 nitrogen and oxygen atoms in total. The number of benzene rings is 1. The van der Waals surface area contributed by atoms with Crippen LogP contribution in [0.4, 0.5) is 23.8 Å². The number of carbonyl (C=O) groups is 1. The second-order valence-corrected chi connectivity index (χ2v) is 13.0. The molecule has 0 radical (unpaired) electrons. The molecule has 216 valence electrons. The van der Waals surface area contributed by atoms with Gasteiger partial charge < -0.3 is 20.3 Å². The number of aromatic amines is 1. The summed E-state index contributed by atoms with van der Waals surface area (Å²) in [5.74, 6) is -4.61. The van der Waals surface area contributed by atoms with Gasteiger partial charge in [0.15, 0.2) is 0 Å². The molecular weight excluding hydrogens is 551 g/mol. The van der Waals surface area contributed by atoms with Crippen LogP contribution in [-0.4, -0.2) is 64.8 Å². The van der Waals surface area contributed by atoms with Crippen molar-refractivity contribution in [3.05, 3.63) is 63.5 Å². The maximum Gasteiger partial charge on any atom is 0.407 e. The predicted octanol–water partition coefficient (Wildman–Crippen LogP) is 5.35. The molecule has 0 saturated carbocycles. The second kappa shape index (κ2) is 10.6. The Hall–Kier alpha value is -3.36. The lowest BCUT2D eigenvalue weighted by molar-refractivity contribution is -0.0553. The van der Waals surface area contributed by atoms with E-state index < -0.39 is 52.4 Å². The number of hydrogen-bond donors (Lipinski definition) is 5. The highest BCUT2D eigenvalue weighted by atomic mass is 32.3. The molecule has 40 heavy (non-hydrogen) atoms. The molecule has 1 aromatic carbocycles. The zero-order valence-corrected chi connectivity index (χ0v) is 22.4. The SMILES string of the molecule is CC(Nc1ncnc2[nH]c(=O)c(C3CCS(O)(O)CC3)cc12)c1cccc(C(F)(F)CC2CN(C(=O)O)C2)c1F. The van der Waals surface area contributed by atoms with E-state index in [1.165, 1.54) is 18.5 Å². The van der Waals surface area contributed by atoms with Gasteiger partial charge in [-0.2, -0.15) is 10.6 Å². The Labute approximate surface area is 229 Å². The number of H-pyrrole nitrogens is 1. The third-order valence-corrected chi connectivity index (χ3v) is 9.50. The fourth-order valence-electron chi connectivity index (χ4n) is 5.45. The quantitative estimate of drug-likeness (QED) is 0.250. The summed E-state index contributed by atoms with van der Waals surface area (Å²) >= 11 is 0. The molecule has 3 aromatic rings. The highest BCUT2D eigenvalue weighted by Crippen LogP contribution is 2.48. The van der Waals surface area contributed by atoms with Gasteiger partial charge in [0.25, 0.3) is 11.5 Å². The van der Waals surface area contributed by atoms with Crippen molar-refractivity contribution in [3.63, 3.8) is 0 Å². The Kier molecular flexibility index (Phi) is 7.44. The third-order valence-electron chi connectivity index (χ3n) is 7.72. The lowest BCUT2D eigenvalue weighted by Crippen LogP contribution is -2.50. The van der Waals surface area contributed by atoms with Gasteiger partial charge in [0.2, 0.25) is 0 Å². The highest BCUT2D eigenvalue weighted by Gasteiger charge is 2.43. The number of amides is 1. The van der Waals surface area contributed by atoms with E-state index >= 15 is 13.2 Å². The summed E-state index contributed by atoms with van der Waals surface area (Å²) in [5.41, 5.74) is -0.400. The number of anilines is 1. The Morgan fingerprint density at radius 2 is 1.95 bits per heavy atom. The minimum atomic E-state index is -3.49. The van der Waals surface area contributed by atoms with Crippen LogP contribution in [0.15, 0.2) is 35.4 Å². The van der Waals surface area contributed by atoms with E-state index in [9.17, 15) is 18.7 Å². The van der Waals surface area contributed by atoms with E-state index in [0.717, 1.165) is 11.0 Å². The molecule has 2 fully saturated rings. The van der Waals surface area contributed by atoms with Crippen LogP contribution in [0.5, 0.6) is 0 Å². The van der Waals surface area contributed by atoms with Crippen molar-refractivity contribution < 1.29 is 32.2 Å². The molecule has 1 atom stereocenters. The number of carboxylic acid groups (broad SMARTS) is 1. The molecule has 0 aliphatic carbocycles. The maximum absolute atomic E-state index is 15.5. The number of pyridine rings is 1. The summed E-state index contributed by atoms with van der Waals surface area (Å²) in [6.45, 7) is 1.57. The summed E-state index contributed by atoms with van der Waals surface area (Å²) in [4.78, 5) is 35.8. The van der Waals surface area contributed by atoms with Crippen molar-refractivity contribution in [2.45, 2.75) is 44.1 Å². The average molecular weight is 582 g/mol. The highest BCUT2D eigenvalue weighted by molar-refractivity contribution is 8.24. The largest absolute Gasteiger partial charge is 0.465 e. The Balaban J connectivity index is 1.38. The summed E-state index contributed by atoms with van der Waals surface area (Å²) in [6, 6.07) is 4.64. The monoisotopic (exact) mass is 581 g/mol. The molecule has 2 aliphatic heterocycles. The van der Waals surface area contributed by atoms with Crippen LogP contribution in [0.2, 0.25) is 0 Å². The molecule has 2 aromatic heterocycles. The normalized spacial score (nSPS) is 19.7. The van der Waals surface area contributed by atoms with Crippen molar-refractivity contribution in [1.82, 2.24) is 19.9 Å². The molecule has 2 saturated heterocycles. The first kappa shape index (κ1) is 28.2. The summed E-state index contributed by atoms with van der Waals surface area (Å²) < 4.78 is 65.5. The molecule has 14 heteroatoms. The number of aromatic nitrogens is 3. The molecule has 4 heterocycles. The zero-order chi connectivity index (χ0) is 28.8. The number of hydrogen-bond acceptors (Lipinski definition) is 7. The Morgan fingerprint density at radius 1 is 1.25 bits per heavy atom. The average Bonchev–Trinajstić information content (AvgIpc) is 2.85. The van der Waals surface area contributed by atoms with Crippen LogP contribution in [0.25, 0.3) is 11.0 Å². The number of alkyl halides is 2. The second-order valence-electron chi connectivity index (χ2n) is 10.6. The molecule has 0 spiro atoms. The van der Waals surface area contributed by atoms with Gasteiger partial charge in [-0.15, -0.1) is 0 Å². The van der Waals surface area contributed by atoms with E-state index in [1.807, 2.05) is 0 Å². The van der Waals surface area contributed by atoms with Gasteiger partial charge in [0, 0.05) is 48.1 Å². The fraction of sp³-hybridized carbons (Fsp3) is 0.462. The Bertz CT molecular complexity index is 1490. The van der Waals surface area contributed by atoms with Gasteiger partial charge >= 0.3 is 6.09 Å². The first-order valence-electron chi connectivity index (χ1n) is 12.9. The van der Waals surface area contributed by atoms with Gasteiger partial charge in [-0.3, -0.25) is 13.9 Å². The number of halogens is 3. The number of rotatable bonds is 7. The number of fused-ring (bicyclic) bond motifs is 1. The topological polar surface area (TPSA) is 152 Å². The fourth-order valence-corrected chi connectivity index (χ4v) is 6.98. The first-order valence-corrected chi connectivity index (χ1v) is 14.8. The molecule has 1 unspecified atom stereocenters. The van der Waals surface area contributed by atoms with Gasteiger partial charge in [-0.05, 0) is 31.7 Å². The van der Waals surface area contributed by atoms with E-state index in [0.29, 0.717) is 23.8 Å². The summed E-state index contributed by atoms with van der Waals surface area (Å²) in [6.07, 6.45) is 0.263. The van der Waals surface area contributed by atoms with Crippen molar-refractivity contribution >= 4 is 33.5 Å². The van der Waals surface area contributed by atoms with Crippen LogP contribution < -0.4 is 10.9 Å². The van der Waals surface area contributed by atoms with E-state index in [-0.39, 0.29) is 53.1 Å². The van der Waals surface area contributed by atoms with Crippen LogP contribution >= 0.6 is 10.6 Å². The van der Waals surface area contributed by atoms with Crippen molar-refractivity contribution in [2.24, 2.45) is 5.92 Å². The van der Waals surface area contributed by atoms with Gasteiger partial charge in [0.1, 0.15) is 23.6 Å². The molecule has 5 N–H and O–H groups in total. The van der Waals surface area contributed by atoms with E-state index in [2.05, 4.69) is 20.3 Å². The minimum absolute atomic E-state index is 0.00755. The number of nitrogens with one attached hydrogen (secondary N) is 2. The third kappa shape index (κ3) is 5.60. The predicted molar refractivity (Wildman–Crippen MR) is 145 cm³/mol. The van der Waals surface area contributed by atoms with Crippen LogP contribution in [0.1, 0.15) is 54.8 Å². The van der Waals surface area contributed by atoms with E-state index in [4.69, 9.17) is 5.11 Å². The molecule has 1 amide bonds. The first-order chi connectivity index (χ1) is 18.8. The number of likely N-dealkylation sites (tertiary alicyclic amines) is 1. The zero-order valence-electron chi connectivity index (χ0n) is 21.6. The van der Waals surface area contributed by atoms with Crippen molar-refractivity contribution in [3.8, 4) is 0 Å². The van der Waals surface area contributed by atoms with Gasteiger partial charge in [-0.25, -0.2) is 27.9 Å². The maximum atomic E-state index is 15.5. The van der Waals surface area contributed by atoms with Crippen molar-refractivity contribution in [2.75, 3.05) is 29.9 Å².